The maximum atomic E-state index is 6.31. The lowest BCUT2D eigenvalue weighted by molar-refractivity contribution is 0.412. The zero-order valence-corrected chi connectivity index (χ0v) is 13.6. The molecule has 0 aliphatic rings. The van der Waals surface area contributed by atoms with Crippen LogP contribution >= 0.6 is 15.9 Å². The summed E-state index contributed by atoms with van der Waals surface area (Å²) in [7, 11) is 3.60. The van der Waals surface area contributed by atoms with Crippen LogP contribution in [-0.4, -0.2) is 16.9 Å². The Hall–Kier alpha value is -1.33. The molecular formula is C15H20BrN3O. The summed E-state index contributed by atoms with van der Waals surface area (Å²) in [6.07, 6.45) is 1.69. The van der Waals surface area contributed by atoms with Gasteiger partial charge in [0.05, 0.1) is 29.0 Å². The van der Waals surface area contributed by atoms with E-state index >= 15 is 0 Å². The van der Waals surface area contributed by atoms with E-state index in [2.05, 4.69) is 40.1 Å². The van der Waals surface area contributed by atoms with Gasteiger partial charge in [0.25, 0.3) is 0 Å². The molecule has 2 aromatic rings. The van der Waals surface area contributed by atoms with Crippen LogP contribution in [0.2, 0.25) is 0 Å². The summed E-state index contributed by atoms with van der Waals surface area (Å²) >= 11 is 3.50. The molecule has 20 heavy (non-hydrogen) atoms. The van der Waals surface area contributed by atoms with Crippen LogP contribution in [0.1, 0.15) is 29.9 Å². The van der Waals surface area contributed by atoms with Gasteiger partial charge in [0.15, 0.2) is 0 Å². The summed E-state index contributed by atoms with van der Waals surface area (Å²) in [5, 5.41) is 4.44. The zero-order chi connectivity index (χ0) is 14.7. The Morgan fingerprint density at radius 2 is 2.15 bits per heavy atom. The van der Waals surface area contributed by atoms with E-state index in [1.807, 2.05) is 23.9 Å². The second kappa shape index (κ2) is 6.41. The Bertz CT molecular complexity index is 595. The Balaban J connectivity index is 2.16. The number of nitrogens with zero attached hydrogens (tertiary/aromatic N) is 2. The maximum absolute atomic E-state index is 6.31. The Morgan fingerprint density at radius 3 is 2.70 bits per heavy atom. The maximum Gasteiger partial charge on any atom is 0.133 e. The molecule has 0 amide bonds. The molecule has 1 unspecified atom stereocenters. The number of nitrogens with two attached hydrogens (primary N) is 1. The molecule has 0 aliphatic heterocycles. The minimum atomic E-state index is -0.0619. The van der Waals surface area contributed by atoms with Gasteiger partial charge in [-0.25, -0.2) is 0 Å². The fourth-order valence-electron chi connectivity index (χ4n) is 2.26. The molecule has 5 heteroatoms. The largest absolute Gasteiger partial charge is 0.496 e. The minimum absolute atomic E-state index is 0.0619. The SMILES string of the molecule is CCc1cc(C(N)Cc2ccc(OC)c(Br)c2)n(C)n1. The molecule has 0 radical (unpaired) electrons. The number of hydrogen-bond acceptors (Lipinski definition) is 3. The third kappa shape index (κ3) is 3.22. The van der Waals surface area contributed by atoms with Gasteiger partial charge in [0.2, 0.25) is 0 Å². The van der Waals surface area contributed by atoms with E-state index in [-0.39, 0.29) is 6.04 Å². The highest BCUT2D eigenvalue weighted by Crippen LogP contribution is 2.27. The van der Waals surface area contributed by atoms with E-state index < -0.39 is 0 Å². The van der Waals surface area contributed by atoms with Crippen LogP contribution in [0.4, 0.5) is 0 Å². The van der Waals surface area contributed by atoms with Crippen LogP contribution in [0.3, 0.4) is 0 Å². The third-order valence-corrected chi connectivity index (χ3v) is 4.00. The van der Waals surface area contributed by atoms with Gasteiger partial charge >= 0.3 is 0 Å². The molecule has 1 heterocycles. The molecule has 1 aromatic heterocycles. The van der Waals surface area contributed by atoms with Crippen LogP contribution in [0, 0.1) is 0 Å². The second-order valence-electron chi connectivity index (χ2n) is 4.82. The van der Waals surface area contributed by atoms with E-state index in [1.54, 1.807) is 7.11 Å². The zero-order valence-electron chi connectivity index (χ0n) is 12.1. The molecule has 0 saturated heterocycles. The Labute approximate surface area is 128 Å². The third-order valence-electron chi connectivity index (χ3n) is 3.38. The molecule has 0 aliphatic carbocycles. The van der Waals surface area contributed by atoms with Crippen molar-refractivity contribution in [1.29, 1.82) is 0 Å². The van der Waals surface area contributed by atoms with Crippen LogP contribution in [0.15, 0.2) is 28.7 Å². The van der Waals surface area contributed by atoms with E-state index in [0.717, 1.165) is 34.5 Å². The first-order chi connectivity index (χ1) is 9.55. The summed E-state index contributed by atoms with van der Waals surface area (Å²) in [6, 6.07) is 8.07. The van der Waals surface area contributed by atoms with Crippen molar-refractivity contribution in [3.8, 4) is 5.75 Å². The molecule has 1 aromatic carbocycles. The van der Waals surface area contributed by atoms with Gasteiger partial charge in [0.1, 0.15) is 5.75 Å². The number of rotatable bonds is 5. The fraction of sp³-hybridized carbons (Fsp3) is 0.400. The van der Waals surface area contributed by atoms with Crippen molar-refractivity contribution in [2.75, 3.05) is 7.11 Å². The van der Waals surface area contributed by atoms with Crippen molar-refractivity contribution in [3.05, 3.63) is 45.7 Å². The molecule has 0 saturated carbocycles. The van der Waals surface area contributed by atoms with Gasteiger partial charge < -0.3 is 10.5 Å². The smallest absolute Gasteiger partial charge is 0.133 e. The summed E-state index contributed by atoms with van der Waals surface area (Å²) in [4.78, 5) is 0. The molecule has 0 fully saturated rings. The second-order valence-corrected chi connectivity index (χ2v) is 5.67. The van der Waals surface area contributed by atoms with Gasteiger partial charge in [-0.15, -0.1) is 0 Å². The number of aromatic nitrogens is 2. The molecular weight excluding hydrogens is 318 g/mol. The first-order valence-electron chi connectivity index (χ1n) is 6.66. The van der Waals surface area contributed by atoms with E-state index in [1.165, 1.54) is 5.56 Å². The average Bonchev–Trinajstić information content (AvgIpc) is 2.80. The standard InChI is InChI=1S/C15H20BrN3O/c1-4-11-9-14(19(2)18-11)13(17)8-10-5-6-15(20-3)12(16)7-10/h5-7,9,13H,4,8,17H2,1-3H3. The first kappa shape index (κ1) is 15.1. The molecule has 2 N–H and O–H groups in total. The van der Waals surface area contributed by atoms with Crippen LogP contribution in [0.5, 0.6) is 5.75 Å². The topological polar surface area (TPSA) is 53.1 Å². The highest BCUT2D eigenvalue weighted by molar-refractivity contribution is 9.10. The molecule has 1 atom stereocenters. The number of aryl methyl sites for hydroxylation is 2. The summed E-state index contributed by atoms with van der Waals surface area (Å²) in [5.74, 6) is 0.830. The van der Waals surface area contributed by atoms with Gasteiger partial charge in [-0.1, -0.05) is 13.0 Å². The quantitative estimate of drug-likeness (QED) is 0.912. The van der Waals surface area contributed by atoms with E-state index in [9.17, 15) is 0 Å². The van der Waals surface area contributed by atoms with E-state index in [4.69, 9.17) is 10.5 Å². The number of methoxy groups -OCH3 is 1. The number of hydrogen-bond donors (Lipinski definition) is 1. The van der Waals surface area contributed by atoms with Crippen LogP contribution < -0.4 is 10.5 Å². The lowest BCUT2D eigenvalue weighted by atomic mass is 10.0. The lowest BCUT2D eigenvalue weighted by Crippen LogP contribution is -2.17. The Morgan fingerprint density at radius 1 is 1.40 bits per heavy atom. The van der Waals surface area contributed by atoms with Crippen molar-refractivity contribution >= 4 is 15.9 Å². The van der Waals surface area contributed by atoms with Crippen molar-refractivity contribution < 1.29 is 4.74 Å². The van der Waals surface area contributed by atoms with Crippen LogP contribution in [-0.2, 0) is 19.9 Å². The summed E-state index contributed by atoms with van der Waals surface area (Å²) in [6.45, 7) is 2.10. The van der Waals surface area contributed by atoms with Gasteiger partial charge in [-0.2, -0.15) is 5.10 Å². The molecule has 0 bridgehead atoms. The highest BCUT2D eigenvalue weighted by Gasteiger charge is 2.14. The van der Waals surface area contributed by atoms with Crippen molar-refractivity contribution in [2.24, 2.45) is 12.8 Å². The molecule has 2 rings (SSSR count). The lowest BCUT2D eigenvalue weighted by Gasteiger charge is -2.13. The minimum Gasteiger partial charge on any atom is -0.496 e. The number of halogens is 1. The number of ether oxygens (including phenoxy) is 1. The van der Waals surface area contributed by atoms with Gasteiger partial charge in [-0.05, 0) is 52.5 Å². The van der Waals surface area contributed by atoms with Gasteiger partial charge in [-0.3, -0.25) is 4.68 Å². The predicted octanol–water partition coefficient (Wildman–Crippen LogP) is 3.00. The monoisotopic (exact) mass is 337 g/mol. The predicted molar refractivity (Wildman–Crippen MR) is 83.9 cm³/mol. The van der Waals surface area contributed by atoms with Crippen molar-refractivity contribution in [1.82, 2.24) is 9.78 Å². The first-order valence-corrected chi connectivity index (χ1v) is 7.45. The molecule has 4 nitrogen and oxygen atoms in total. The summed E-state index contributed by atoms with van der Waals surface area (Å²) in [5.41, 5.74) is 9.62. The van der Waals surface area contributed by atoms with Gasteiger partial charge in [0, 0.05) is 7.05 Å². The normalized spacial score (nSPS) is 12.4. The fourth-order valence-corrected chi connectivity index (χ4v) is 2.85. The van der Waals surface area contributed by atoms with Crippen molar-refractivity contribution in [3.63, 3.8) is 0 Å². The van der Waals surface area contributed by atoms with E-state index in [0.29, 0.717) is 0 Å². The number of benzene rings is 1. The van der Waals surface area contributed by atoms with Crippen molar-refractivity contribution in [2.45, 2.75) is 25.8 Å². The molecule has 108 valence electrons. The van der Waals surface area contributed by atoms with Crippen LogP contribution in [0.25, 0.3) is 0 Å². The Kier molecular flexibility index (Phi) is 4.83. The summed E-state index contributed by atoms with van der Waals surface area (Å²) < 4.78 is 8.06. The highest BCUT2D eigenvalue weighted by atomic mass is 79.9. The molecule has 0 spiro atoms. The average molecular weight is 338 g/mol.